The van der Waals surface area contributed by atoms with Gasteiger partial charge in [0.25, 0.3) is 5.91 Å². The fourth-order valence-corrected chi connectivity index (χ4v) is 4.17. The van der Waals surface area contributed by atoms with Crippen LogP contribution in [0.4, 0.5) is 0 Å². The van der Waals surface area contributed by atoms with Crippen LogP contribution in [0.2, 0.25) is 0 Å². The topological polar surface area (TPSA) is 85.0 Å². The van der Waals surface area contributed by atoms with E-state index < -0.39 is 21.7 Å². The van der Waals surface area contributed by atoms with Crippen molar-refractivity contribution in [2.24, 2.45) is 0 Å². The molecule has 0 saturated carbocycles. The summed E-state index contributed by atoms with van der Waals surface area (Å²) in [6.45, 7) is 13.3. The van der Waals surface area contributed by atoms with Crippen LogP contribution in [0.15, 0.2) is 36.0 Å². The summed E-state index contributed by atoms with van der Waals surface area (Å²) >= 11 is 10.7. The first-order valence-electron chi connectivity index (χ1n) is 9.43. The summed E-state index contributed by atoms with van der Waals surface area (Å²) in [5.74, 6) is -1.44. The van der Waals surface area contributed by atoms with E-state index in [9.17, 15) is 13.2 Å². The molecule has 0 rings (SSSR count). The average Bonchev–Trinajstić information content (AvgIpc) is 2.61. The SMILES string of the molecule is C=C(C)C(=CC=CC)C(=S)N(C)NS(=O)(=O)CC(=O)NN(C)CC(=S)N(CC)CC. The zero-order valence-electron chi connectivity index (χ0n) is 18.6. The fraction of sp³-hybridized carbons (Fsp3) is 0.526. The van der Waals surface area contributed by atoms with E-state index in [2.05, 4.69) is 16.8 Å². The minimum Gasteiger partial charge on any atom is -0.366 e. The van der Waals surface area contributed by atoms with Crippen LogP contribution >= 0.6 is 24.4 Å². The van der Waals surface area contributed by atoms with Gasteiger partial charge in [-0.1, -0.05) is 49.2 Å². The second kappa shape index (κ2) is 13.6. The Balaban J connectivity index is 4.95. The average molecular weight is 476 g/mol. The highest BCUT2D eigenvalue weighted by Gasteiger charge is 2.22. The van der Waals surface area contributed by atoms with Gasteiger partial charge in [0.1, 0.15) is 10.7 Å². The van der Waals surface area contributed by atoms with Gasteiger partial charge < -0.3 is 4.90 Å². The van der Waals surface area contributed by atoms with E-state index in [1.165, 1.54) is 17.1 Å². The molecule has 0 aliphatic heterocycles. The Labute approximate surface area is 191 Å². The van der Waals surface area contributed by atoms with Crippen LogP contribution in [0.3, 0.4) is 0 Å². The quantitative estimate of drug-likeness (QED) is 0.191. The van der Waals surface area contributed by atoms with E-state index in [1.54, 1.807) is 26.1 Å². The van der Waals surface area contributed by atoms with Crippen LogP contribution in [0.5, 0.6) is 0 Å². The van der Waals surface area contributed by atoms with Gasteiger partial charge in [0.2, 0.25) is 10.0 Å². The molecule has 0 saturated heterocycles. The van der Waals surface area contributed by atoms with Crippen LogP contribution in [-0.2, 0) is 14.8 Å². The number of amides is 1. The maximum absolute atomic E-state index is 12.4. The van der Waals surface area contributed by atoms with Gasteiger partial charge in [-0.05, 0) is 33.3 Å². The van der Waals surface area contributed by atoms with E-state index in [-0.39, 0.29) is 4.99 Å². The van der Waals surface area contributed by atoms with Gasteiger partial charge in [-0.2, -0.15) is 0 Å². The first kappa shape index (κ1) is 28.3. The van der Waals surface area contributed by atoms with Gasteiger partial charge in [-0.3, -0.25) is 15.2 Å². The molecule has 0 aliphatic rings. The largest absolute Gasteiger partial charge is 0.366 e. The van der Waals surface area contributed by atoms with Crippen molar-refractivity contribution in [1.29, 1.82) is 0 Å². The molecule has 0 aliphatic carbocycles. The first-order chi connectivity index (χ1) is 13.9. The summed E-state index contributed by atoms with van der Waals surface area (Å²) in [4.78, 5) is 17.4. The van der Waals surface area contributed by atoms with Gasteiger partial charge in [-0.25, -0.2) is 13.4 Å². The number of hydrazine groups is 2. The third-order valence-electron chi connectivity index (χ3n) is 3.85. The molecule has 0 unspecified atom stereocenters. The maximum atomic E-state index is 12.4. The van der Waals surface area contributed by atoms with E-state index in [1.807, 2.05) is 31.7 Å². The second-order valence-corrected chi connectivity index (χ2v) is 9.12. The molecule has 11 heteroatoms. The lowest BCUT2D eigenvalue weighted by Crippen LogP contribution is -2.50. The molecule has 0 heterocycles. The number of rotatable bonds is 12. The summed E-state index contributed by atoms with van der Waals surface area (Å²) < 4.78 is 24.8. The van der Waals surface area contributed by atoms with Crippen LogP contribution < -0.4 is 10.3 Å². The number of hydrogen-bond acceptors (Lipinski definition) is 6. The van der Waals surface area contributed by atoms with Crippen LogP contribution in [0.1, 0.15) is 27.7 Å². The minimum absolute atomic E-state index is 0.242. The maximum Gasteiger partial charge on any atom is 0.250 e. The van der Waals surface area contributed by atoms with Crippen molar-refractivity contribution in [1.82, 2.24) is 25.2 Å². The molecular formula is C19H33N5O3S3. The van der Waals surface area contributed by atoms with E-state index in [0.29, 0.717) is 22.7 Å². The number of likely N-dealkylation sites (N-methyl/N-ethyl adjacent to an activating group) is 3. The summed E-state index contributed by atoms with van der Waals surface area (Å²) in [7, 11) is -0.877. The lowest BCUT2D eigenvalue weighted by atomic mass is 10.1. The molecule has 0 radical (unpaired) electrons. The number of sulfonamides is 1. The Morgan fingerprint density at radius 2 is 1.73 bits per heavy atom. The highest BCUT2D eigenvalue weighted by Crippen LogP contribution is 2.12. The summed E-state index contributed by atoms with van der Waals surface area (Å²) in [5.41, 5.74) is 3.82. The number of carbonyl (C=O) groups is 1. The fourth-order valence-electron chi connectivity index (χ4n) is 2.39. The second-order valence-electron chi connectivity index (χ2n) is 6.56. The molecule has 0 aromatic rings. The molecule has 0 aromatic heterocycles. The van der Waals surface area contributed by atoms with Crippen LogP contribution in [-0.4, -0.2) is 78.7 Å². The van der Waals surface area contributed by atoms with Crippen molar-refractivity contribution in [3.05, 3.63) is 36.0 Å². The van der Waals surface area contributed by atoms with Gasteiger partial charge in [-0.15, -0.1) is 4.83 Å². The lowest BCUT2D eigenvalue weighted by Gasteiger charge is -2.26. The van der Waals surface area contributed by atoms with Crippen molar-refractivity contribution in [2.75, 3.05) is 39.5 Å². The molecule has 2 N–H and O–H groups in total. The molecule has 0 bridgehead atoms. The Morgan fingerprint density at radius 1 is 1.17 bits per heavy atom. The van der Waals surface area contributed by atoms with E-state index in [0.717, 1.165) is 13.1 Å². The number of hydrogen-bond donors (Lipinski definition) is 2. The van der Waals surface area contributed by atoms with Crippen molar-refractivity contribution in [3.8, 4) is 0 Å². The molecule has 1 amide bonds. The van der Waals surface area contributed by atoms with Gasteiger partial charge >= 0.3 is 0 Å². The Hall–Kier alpha value is -1.66. The standard InChI is InChI=1S/C19H33N5O3S3/c1-8-11-12-16(15(4)5)19(29)23(7)21-30(26,27)14-17(25)20-22(6)13-18(28)24(9-2)10-3/h8,11-12,21H,4,9-10,13-14H2,1-3,5-7H3,(H,20,25). The lowest BCUT2D eigenvalue weighted by molar-refractivity contribution is -0.122. The molecule has 170 valence electrons. The molecule has 0 spiro atoms. The van der Waals surface area contributed by atoms with E-state index in [4.69, 9.17) is 24.4 Å². The third-order valence-corrected chi connectivity index (χ3v) is 5.93. The molecule has 0 atom stereocenters. The first-order valence-corrected chi connectivity index (χ1v) is 11.9. The highest BCUT2D eigenvalue weighted by atomic mass is 32.2. The highest BCUT2D eigenvalue weighted by molar-refractivity contribution is 7.90. The van der Waals surface area contributed by atoms with Crippen molar-refractivity contribution in [3.63, 3.8) is 0 Å². The molecule has 30 heavy (non-hydrogen) atoms. The molecule has 0 aromatic carbocycles. The van der Waals surface area contributed by atoms with Crippen LogP contribution in [0, 0.1) is 0 Å². The smallest absolute Gasteiger partial charge is 0.250 e. The predicted molar refractivity (Wildman–Crippen MR) is 131 cm³/mol. The van der Waals surface area contributed by atoms with Crippen LogP contribution in [0.25, 0.3) is 0 Å². The summed E-state index contributed by atoms with van der Waals surface area (Å²) in [6.07, 6.45) is 5.35. The molecule has 8 nitrogen and oxygen atoms in total. The number of carbonyl (C=O) groups excluding carboxylic acids is 1. The zero-order valence-corrected chi connectivity index (χ0v) is 21.0. The van der Waals surface area contributed by atoms with Crippen molar-refractivity contribution >= 4 is 50.3 Å². The van der Waals surface area contributed by atoms with Crippen molar-refractivity contribution in [2.45, 2.75) is 27.7 Å². The summed E-state index contributed by atoms with van der Waals surface area (Å²) in [5, 5.41) is 2.65. The number of allylic oxidation sites excluding steroid dienone is 3. The van der Waals surface area contributed by atoms with Crippen molar-refractivity contribution < 1.29 is 13.2 Å². The third kappa shape index (κ3) is 10.4. The van der Waals surface area contributed by atoms with Gasteiger partial charge in [0.15, 0.2) is 0 Å². The number of nitrogens with one attached hydrogen (secondary N) is 2. The molecular weight excluding hydrogens is 442 g/mol. The normalized spacial score (nSPS) is 12.2. The molecule has 0 fully saturated rings. The predicted octanol–water partition coefficient (Wildman–Crippen LogP) is 1.79. The zero-order chi connectivity index (χ0) is 23.5. The van der Waals surface area contributed by atoms with Gasteiger partial charge in [0, 0.05) is 32.8 Å². The van der Waals surface area contributed by atoms with Gasteiger partial charge in [0.05, 0.1) is 11.5 Å². The summed E-state index contributed by atoms with van der Waals surface area (Å²) in [6, 6.07) is 0. The Morgan fingerprint density at radius 3 is 2.20 bits per heavy atom. The minimum atomic E-state index is -3.97. The Bertz CT molecular complexity index is 802. The van der Waals surface area contributed by atoms with E-state index >= 15 is 0 Å². The number of thiocarbonyl (C=S) groups is 2. The monoisotopic (exact) mass is 475 g/mol. The number of nitrogens with zero attached hydrogens (tertiary/aromatic N) is 3. The Kier molecular flexibility index (Phi) is 12.9.